The Morgan fingerprint density at radius 3 is 2.15 bits per heavy atom. The summed E-state index contributed by atoms with van der Waals surface area (Å²) in [5.41, 5.74) is 3.73. The summed E-state index contributed by atoms with van der Waals surface area (Å²) in [5.74, 6) is -0.175. The molecule has 6 nitrogen and oxygen atoms in total. The number of pyridine rings is 1. The summed E-state index contributed by atoms with van der Waals surface area (Å²) in [4.78, 5) is 19.1. The van der Waals surface area contributed by atoms with E-state index in [0.29, 0.717) is 5.69 Å². The zero-order valence-corrected chi connectivity index (χ0v) is 20.0. The van der Waals surface area contributed by atoms with Gasteiger partial charge in [-0.05, 0) is 48.4 Å². The second-order valence-corrected chi connectivity index (χ2v) is 10.3. The number of nitrogens with one attached hydrogen (secondary N) is 1. The van der Waals surface area contributed by atoms with Crippen LogP contribution in [-0.4, -0.2) is 36.5 Å². The minimum atomic E-state index is -3.29. The first-order valence-corrected chi connectivity index (χ1v) is 12.9. The number of carbonyl (C=O) groups is 1. The number of rotatable bonds is 11. The highest BCUT2D eigenvalue weighted by molar-refractivity contribution is 7.91. The van der Waals surface area contributed by atoms with Gasteiger partial charge < -0.3 is 5.32 Å². The Hall–Kier alpha value is -3.03. The van der Waals surface area contributed by atoms with Crippen LogP contribution in [0.1, 0.15) is 37.1 Å². The molecule has 0 aliphatic heterocycles. The van der Waals surface area contributed by atoms with E-state index in [1.807, 2.05) is 30.3 Å². The predicted molar refractivity (Wildman–Crippen MR) is 132 cm³/mol. The number of hydrogen-bond donors (Lipinski definition) is 1. The maximum atomic E-state index is 12.4. The molecule has 0 atom stereocenters. The van der Waals surface area contributed by atoms with Crippen molar-refractivity contribution in [3.63, 3.8) is 0 Å². The smallest absolute Gasteiger partial charge is 0.230 e. The molecule has 0 fully saturated rings. The molecule has 1 heterocycles. The van der Waals surface area contributed by atoms with Crippen LogP contribution in [0.4, 0.5) is 5.69 Å². The maximum Gasteiger partial charge on any atom is 0.230 e. The normalized spacial score (nSPS) is 11.5. The van der Waals surface area contributed by atoms with Crippen molar-refractivity contribution in [1.29, 1.82) is 0 Å². The van der Waals surface area contributed by atoms with Crippen LogP contribution in [0.5, 0.6) is 0 Å². The summed E-state index contributed by atoms with van der Waals surface area (Å²) in [6, 6.07) is 21.4. The number of hydrogen-bond acceptors (Lipinski definition) is 5. The van der Waals surface area contributed by atoms with Crippen molar-refractivity contribution in [1.82, 2.24) is 9.88 Å². The molecule has 3 rings (SSSR count). The maximum absolute atomic E-state index is 12.4. The van der Waals surface area contributed by atoms with Gasteiger partial charge in [0.25, 0.3) is 0 Å². The summed E-state index contributed by atoms with van der Waals surface area (Å²) < 4.78 is 23.8. The summed E-state index contributed by atoms with van der Waals surface area (Å²) in [6.45, 7) is 6.53. The van der Waals surface area contributed by atoms with Gasteiger partial charge in [0.15, 0.2) is 9.84 Å². The van der Waals surface area contributed by atoms with Crippen molar-refractivity contribution < 1.29 is 13.2 Å². The third-order valence-electron chi connectivity index (χ3n) is 5.31. The van der Waals surface area contributed by atoms with Gasteiger partial charge in [0, 0.05) is 30.7 Å². The quantitative estimate of drug-likeness (QED) is 0.452. The summed E-state index contributed by atoms with van der Waals surface area (Å²) in [7, 11) is -3.29. The monoisotopic (exact) mass is 465 g/mol. The van der Waals surface area contributed by atoms with E-state index in [-0.39, 0.29) is 23.0 Å². The third kappa shape index (κ3) is 7.51. The molecule has 0 radical (unpaired) electrons. The van der Waals surface area contributed by atoms with Gasteiger partial charge in [-0.2, -0.15) is 0 Å². The zero-order chi connectivity index (χ0) is 23.7. The lowest BCUT2D eigenvalue weighted by molar-refractivity contribution is -0.115. The minimum Gasteiger partial charge on any atom is -0.326 e. The van der Waals surface area contributed by atoms with E-state index in [9.17, 15) is 13.2 Å². The van der Waals surface area contributed by atoms with Crippen molar-refractivity contribution >= 4 is 21.4 Å². The first-order chi connectivity index (χ1) is 15.9. The number of sulfone groups is 1. The lowest BCUT2D eigenvalue weighted by atomic mass is 10.1. The fraction of sp³-hybridized carbons (Fsp3) is 0.308. The first-order valence-electron chi connectivity index (χ1n) is 11.2. The van der Waals surface area contributed by atoms with Crippen LogP contribution in [0.15, 0.2) is 77.8 Å². The second-order valence-electron chi connectivity index (χ2n) is 8.01. The van der Waals surface area contributed by atoms with E-state index in [0.717, 1.165) is 31.7 Å². The van der Waals surface area contributed by atoms with E-state index < -0.39 is 9.84 Å². The van der Waals surface area contributed by atoms with Gasteiger partial charge in [0.1, 0.15) is 0 Å². The average Bonchev–Trinajstić information content (AvgIpc) is 2.81. The van der Waals surface area contributed by atoms with Gasteiger partial charge in [-0.25, -0.2) is 8.42 Å². The van der Waals surface area contributed by atoms with E-state index >= 15 is 0 Å². The lowest BCUT2D eigenvalue weighted by Crippen LogP contribution is -2.23. The van der Waals surface area contributed by atoms with Crippen LogP contribution in [-0.2, 0) is 34.1 Å². The Kier molecular flexibility index (Phi) is 8.74. The van der Waals surface area contributed by atoms with Crippen LogP contribution < -0.4 is 5.32 Å². The van der Waals surface area contributed by atoms with Gasteiger partial charge in [0.05, 0.1) is 17.1 Å². The van der Waals surface area contributed by atoms with Crippen LogP contribution in [0, 0.1) is 0 Å². The largest absolute Gasteiger partial charge is 0.326 e. The Morgan fingerprint density at radius 2 is 1.58 bits per heavy atom. The molecule has 0 aliphatic rings. The average molecular weight is 466 g/mol. The lowest BCUT2D eigenvalue weighted by Gasteiger charge is -2.22. The molecule has 0 saturated carbocycles. The Morgan fingerprint density at radius 1 is 0.909 bits per heavy atom. The first kappa shape index (κ1) is 24.6. The van der Waals surface area contributed by atoms with E-state index in [1.54, 1.807) is 13.0 Å². The van der Waals surface area contributed by atoms with Crippen molar-refractivity contribution in [2.45, 2.75) is 44.7 Å². The summed E-state index contributed by atoms with van der Waals surface area (Å²) in [6.07, 6.45) is 2.48. The van der Waals surface area contributed by atoms with E-state index in [1.165, 1.54) is 23.4 Å². The molecule has 2 aromatic carbocycles. The van der Waals surface area contributed by atoms with Gasteiger partial charge in [0.2, 0.25) is 5.91 Å². The molecule has 0 bridgehead atoms. The number of aromatic nitrogens is 1. The van der Waals surface area contributed by atoms with Crippen molar-refractivity contribution in [3.8, 4) is 0 Å². The highest BCUT2D eigenvalue weighted by Gasteiger charge is 2.13. The highest BCUT2D eigenvalue weighted by atomic mass is 32.2. The van der Waals surface area contributed by atoms with Crippen molar-refractivity contribution in [3.05, 3.63) is 89.7 Å². The fourth-order valence-corrected chi connectivity index (χ4v) is 4.38. The molecule has 0 spiro atoms. The number of anilines is 1. The van der Waals surface area contributed by atoms with Crippen molar-refractivity contribution in [2.24, 2.45) is 0 Å². The molecule has 174 valence electrons. The molecular formula is C26H31N3O3S. The van der Waals surface area contributed by atoms with Crippen LogP contribution in [0.2, 0.25) is 0 Å². The molecule has 33 heavy (non-hydrogen) atoms. The number of amides is 1. The Bertz CT molecular complexity index is 1130. The standard InChI is InChI=1S/C26H31N3O3S/c1-3-16-29(19-21-8-6-5-7-9-21)20-22-10-12-23(13-11-22)28-26(30)17-24-14-15-25(18-27-24)33(31,32)4-2/h5-15,18H,3-4,16-17,19-20H2,1-2H3,(H,28,30). The van der Waals surface area contributed by atoms with E-state index in [2.05, 4.69) is 46.4 Å². The summed E-state index contributed by atoms with van der Waals surface area (Å²) in [5, 5.41) is 2.88. The minimum absolute atomic E-state index is 0.0208. The molecule has 1 aromatic heterocycles. The Labute approximate surface area is 196 Å². The SMILES string of the molecule is CCCN(Cc1ccccc1)Cc1ccc(NC(=O)Cc2ccc(S(=O)(=O)CC)cn2)cc1. The number of benzene rings is 2. The number of carbonyl (C=O) groups excluding carboxylic acids is 1. The van der Waals surface area contributed by atoms with Crippen molar-refractivity contribution in [2.75, 3.05) is 17.6 Å². The molecule has 7 heteroatoms. The van der Waals surface area contributed by atoms with Crippen LogP contribution in [0.3, 0.4) is 0 Å². The predicted octanol–water partition coefficient (Wildman–Crippen LogP) is 4.47. The molecule has 0 aliphatic carbocycles. The summed E-state index contributed by atoms with van der Waals surface area (Å²) >= 11 is 0. The van der Waals surface area contributed by atoms with E-state index in [4.69, 9.17) is 0 Å². The van der Waals surface area contributed by atoms with Crippen LogP contribution >= 0.6 is 0 Å². The molecule has 0 saturated heterocycles. The van der Waals surface area contributed by atoms with Gasteiger partial charge in [-0.1, -0.05) is 56.3 Å². The highest BCUT2D eigenvalue weighted by Crippen LogP contribution is 2.15. The molecular weight excluding hydrogens is 434 g/mol. The number of nitrogens with zero attached hydrogens (tertiary/aromatic N) is 2. The van der Waals surface area contributed by atoms with Gasteiger partial charge in [-0.15, -0.1) is 0 Å². The molecule has 1 amide bonds. The molecule has 1 N–H and O–H groups in total. The fourth-order valence-electron chi connectivity index (χ4n) is 3.56. The topological polar surface area (TPSA) is 79.4 Å². The third-order valence-corrected chi connectivity index (χ3v) is 7.03. The van der Waals surface area contributed by atoms with Crippen LogP contribution in [0.25, 0.3) is 0 Å². The molecule has 3 aromatic rings. The second kappa shape index (κ2) is 11.7. The van der Waals surface area contributed by atoms with Gasteiger partial charge in [-0.3, -0.25) is 14.7 Å². The zero-order valence-electron chi connectivity index (χ0n) is 19.2. The molecule has 0 unspecified atom stereocenters. The van der Waals surface area contributed by atoms with Gasteiger partial charge >= 0.3 is 0 Å². The Balaban J connectivity index is 1.55.